The number of rotatable bonds is 4. The molecule has 5 rings (SSSR count). The van der Waals surface area contributed by atoms with Crippen molar-refractivity contribution < 1.29 is 14.3 Å². The summed E-state index contributed by atoms with van der Waals surface area (Å²) >= 11 is 9.19. The van der Waals surface area contributed by atoms with Crippen molar-refractivity contribution in [1.82, 2.24) is 0 Å². The highest BCUT2D eigenvalue weighted by Gasteiger charge is 2.46. The highest BCUT2D eigenvalue weighted by Crippen LogP contribution is 2.58. The number of anilines is 1. The molecule has 4 nitrogen and oxygen atoms in total. The summed E-state index contributed by atoms with van der Waals surface area (Å²) in [6, 6.07) is 23.9. The number of hydrogen-bond acceptors (Lipinski definition) is 6. The van der Waals surface area contributed by atoms with Crippen molar-refractivity contribution in [3.63, 3.8) is 0 Å². The largest absolute Gasteiger partial charge is 0.462 e. The first-order valence-corrected chi connectivity index (χ1v) is 16.1. The van der Waals surface area contributed by atoms with Crippen molar-refractivity contribution in [2.75, 3.05) is 11.5 Å². The van der Waals surface area contributed by atoms with Gasteiger partial charge in [-0.05, 0) is 68.5 Å². The second-order valence-corrected chi connectivity index (χ2v) is 14.7. The summed E-state index contributed by atoms with van der Waals surface area (Å²) in [6.07, 6.45) is 0. The van der Waals surface area contributed by atoms with Crippen LogP contribution < -0.4 is 4.90 Å². The van der Waals surface area contributed by atoms with E-state index in [1.807, 2.05) is 99.3 Å². The van der Waals surface area contributed by atoms with E-state index in [1.54, 1.807) is 11.8 Å². The first-order chi connectivity index (χ1) is 19.8. The molecule has 0 aromatic heterocycles. The van der Waals surface area contributed by atoms with Crippen LogP contribution in [0.15, 0.2) is 81.9 Å². The minimum atomic E-state index is -0.805. The van der Waals surface area contributed by atoms with Gasteiger partial charge in [-0.25, -0.2) is 4.79 Å². The van der Waals surface area contributed by atoms with Gasteiger partial charge in [0.15, 0.2) is 0 Å². The van der Waals surface area contributed by atoms with E-state index in [-0.39, 0.29) is 17.3 Å². The van der Waals surface area contributed by atoms with Crippen molar-refractivity contribution in [1.29, 1.82) is 0 Å². The molecule has 0 fully saturated rings. The molecule has 0 saturated carbocycles. The van der Waals surface area contributed by atoms with Crippen LogP contribution in [0.5, 0.6) is 0 Å². The Morgan fingerprint density at radius 2 is 1.62 bits per heavy atom. The molecular weight excluding hydrogens is 579 g/mol. The zero-order valence-electron chi connectivity index (χ0n) is 25.0. The Kier molecular flexibility index (Phi) is 8.31. The third kappa shape index (κ3) is 5.50. The molecule has 2 aliphatic rings. The lowest BCUT2D eigenvalue weighted by Crippen LogP contribution is -2.56. The Balaban J connectivity index is 1.64. The third-order valence-electron chi connectivity index (χ3n) is 7.50. The molecule has 0 unspecified atom stereocenters. The second kappa shape index (κ2) is 11.5. The van der Waals surface area contributed by atoms with E-state index in [0.717, 1.165) is 37.1 Å². The first kappa shape index (κ1) is 30.3. The lowest BCUT2D eigenvalue weighted by atomic mass is 9.82. The van der Waals surface area contributed by atoms with Gasteiger partial charge in [0.05, 0.1) is 26.9 Å². The van der Waals surface area contributed by atoms with Crippen LogP contribution in [0.2, 0.25) is 0 Å². The number of nitrogens with zero attached hydrogens (tertiary/aromatic N) is 1. The van der Waals surface area contributed by atoms with E-state index in [9.17, 15) is 9.59 Å². The first-order valence-electron chi connectivity index (χ1n) is 14.0. The zero-order chi connectivity index (χ0) is 30.4. The van der Waals surface area contributed by atoms with Gasteiger partial charge >= 0.3 is 5.97 Å². The Bertz CT molecular complexity index is 1640. The standard InChI is InChI=1S/C35H35NO3S3/c1-8-39-32(38)29-28(22-12-10-9-11-13-22)41-33(42-29)27-25-20-21(2)14-19-26(25)36(35(6,7)30(27)40)31(37)23-15-17-24(18-16-23)34(3,4)5/h9-20H,8H2,1-7H3. The Morgan fingerprint density at radius 1 is 0.952 bits per heavy atom. The minimum Gasteiger partial charge on any atom is -0.462 e. The van der Waals surface area contributed by atoms with Crippen molar-refractivity contribution in [3.05, 3.63) is 110 Å². The molecule has 216 valence electrons. The van der Waals surface area contributed by atoms with Crippen LogP contribution in [0.3, 0.4) is 0 Å². The highest BCUT2D eigenvalue weighted by atomic mass is 32.2. The molecule has 7 heteroatoms. The molecule has 0 N–H and O–H groups in total. The molecule has 3 aromatic carbocycles. The second-order valence-electron chi connectivity index (χ2n) is 12.0. The average Bonchev–Trinajstić information content (AvgIpc) is 3.39. The predicted molar refractivity (Wildman–Crippen MR) is 182 cm³/mol. The number of thioether (sulfide) groups is 2. The normalized spacial score (nSPS) is 18.3. The zero-order valence-corrected chi connectivity index (χ0v) is 27.5. The molecule has 3 aromatic rings. The minimum absolute atomic E-state index is 0.00952. The van der Waals surface area contributed by atoms with Crippen LogP contribution >= 0.6 is 35.7 Å². The number of carbonyl (C=O) groups excluding carboxylic acids is 2. The van der Waals surface area contributed by atoms with Crippen LogP contribution in [0, 0.1) is 6.92 Å². The number of aryl methyl sites for hydroxylation is 1. The molecule has 2 aliphatic heterocycles. The number of amides is 1. The highest BCUT2D eigenvalue weighted by molar-refractivity contribution is 8.32. The van der Waals surface area contributed by atoms with Gasteiger partial charge in [-0.3, -0.25) is 9.69 Å². The summed E-state index contributed by atoms with van der Waals surface area (Å²) < 4.78 is 6.38. The number of benzene rings is 3. The lowest BCUT2D eigenvalue weighted by Gasteiger charge is -2.45. The monoisotopic (exact) mass is 613 g/mol. The van der Waals surface area contributed by atoms with Crippen molar-refractivity contribution in [2.45, 2.75) is 59.4 Å². The molecule has 0 saturated heterocycles. The Morgan fingerprint density at radius 3 is 2.24 bits per heavy atom. The van der Waals surface area contributed by atoms with Crippen molar-refractivity contribution in [2.24, 2.45) is 0 Å². The number of carbonyl (C=O) groups is 2. The van der Waals surface area contributed by atoms with Crippen molar-refractivity contribution >= 4 is 68.6 Å². The molecule has 0 atom stereocenters. The van der Waals surface area contributed by atoms with Crippen LogP contribution in [0.1, 0.15) is 74.2 Å². The fourth-order valence-corrected chi connectivity index (χ4v) is 8.33. The van der Waals surface area contributed by atoms with Gasteiger partial charge in [0.2, 0.25) is 0 Å². The average molecular weight is 614 g/mol. The topological polar surface area (TPSA) is 46.6 Å². The Labute approximate surface area is 262 Å². The number of fused-ring (bicyclic) bond motifs is 1. The molecule has 42 heavy (non-hydrogen) atoms. The summed E-state index contributed by atoms with van der Waals surface area (Å²) in [6.45, 7) is 14.6. The van der Waals surface area contributed by atoms with E-state index >= 15 is 0 Å². The molecule has 0 spiro atoms. The third-order valence-corrected chi connectivity index (χ3v) is 10.8. The summed E-state index contributed by atoms with van der Waals surface area (Å²) in [5.41, 5.74) is 5.58. The maximum Gasteiger partial charge on any atom is 0.346 e. The van der Waals surface area contributed by atoms with Crippen molar-refractivity contribution in [3.8, 4) is 0 Å². The van der Waals surface area contributed by atoms with E-state index in [0.29, 0.717) is 21.9 Å². The summed E-state index contributed by atoms with van der Waals surface area (Å²) in [5, 5.41) is 0. The quantitative estimate of drug-likeness (QED) is 0.166. The van der Waals surface area contributed by atoms with E-state index in [1.165, 1.54) is 17.3 Å². The maximum absolute atomic E-state index is 14.2. The molecule has 0 bridgehead atoms. The Hall–Kier alpha value is -3.13. The van der Waals surface area contributed by atoms with Crippen LogP contribution in [-0.4, -0.2) is 28.9 Å². The number of thiocarbonyl (C=S) groups is 1. The molecule has 2 heterocycles. The SMILES string of the molecule is CCOC(=O)C1=C(c2ccccc2)SC(=C2C(=S)C(C)(C)N(C(=O)c3ccc(C(C)(C)C)cc3)c3ccc(C)cc32)S1. The van der Waals surface area contributed by atoms with Crippen LogP contribution in [-0.2, 0) is 14.9 Å². The fraction of sp³-hybridized carbons (Fsp3) is 0.286. The van der Waals surface area contributed by atoms with Gasteiger partial charge in [0, 0.05) is 21.6 Å². The van der Waals surface area contributed by atoms with Crippen LogP contribution in [0.25, 0.3) is 10.5 Å². The van der Waals surface area contributed by atoms with E-state index in [2.05, 4.69) is 26.8 Å². The number of hydrogen-bond donors (Lipinski definition) is 0. The van der Waals surface area contributed by atoms with Gasteiger partial charge < -0.3 is 4.74 Å². The van der Waals surface area contributed by atoms with Gasteiger partial charge in [-0.2, -0.15) is 0 Å². The molecule has 0 radical (unpaired) electrons. The number of esters is 1. The summed E-state index contributed by atoms with van der Waals surface area (Å²) in [7, 11) is 0. The summed E-state index contributed by atoms with van der Waals surface area (Å²) in [4.78, 5) is 31.3. The smallest absolute Gasteiger partial charge is 0.346 e. The predicted octanol–water partition coefficient (Wildman–Crippen LogP) is 9.18. The van der Waals surface area contributed by atoms with Crippen LogP contribution in [0.4, 0.5) is 5.69 Å². The fourth-order valence-electron chi connectivity index (χ4n) is 5.20. The van der Waals surface area contributed by atoms with Gasteiger partial charge in [-0.1, -0.05) is 111 Å². The summed E-state index contributed by atoms with van der Waals surface area (Å²) in [5.74, 6) is -0.440. The van der Waals surface area contributed by atoms with Gasteiger partial charge in [0.25, 0.3) is 5.91 Å². The number of ether oxygens (including phenoxy) is 1. The maximum atomic E-state index is 14.2. The van der Waals surface area contributed by atoms with Gasteiger partial charge in [0.1, 0.15) is 4.91 Å². The molecule has 1 amide bonds. The van der Waals surface area contributed by atoms with Gasteiger partial charge in [-0.15, -0.1) is 0 Å². The van der Waals surface area contributed by atoms with E-state index in [4.69, 9.17) is 17.0 Å². The van der Waals surface area contributed by atoms with E-state index < -0.39 is 5.54 Å². The lowest BCUT2D eigenvalue weighted by molar-refractivity contribution is -0.137. The molecular formula is C35H35NO3S3. The molecule has 0 aliphatic carbocycles.